The zero-order valence-electron chi connectivity index (χ0n) is 17.7. The van der Waals surface area contributed by atoms with Gasteiger partial charge < -0.3 is 10.1 Å². The van der Waals surface area contributed by atoms with Crippen LogP contribution in [0.15, 0.2) is 60.8 Å². The SMILES string of the molecule is COc1ccc(C(C)C)cc1-c1ccc(C(=O)Nc2ccc(C(C)C)cc2)cn1. The smallest absolute Gasteiger partial charge is 0.257 e. The Morgan fingerprint density at radius 3 is 2.10 bits per heavy atom. The van der Waals surface area contributed by atoms with Gasteiger partial charge in [0.1, 0.15) is 5.75 Å². The first kappa shape index (κ1) is 20.6. The topological polar surface area (TPSA) is 51.2 Å². The van der Waals surface area contributed by atoms with E-state index in [1.807, 2.05) is 36.4 Å². The van der Waals surface area contributed by atoms with Gasteiger partial charge in [0, 0.05) is 17.4 Å². The summed E-state index contributed by atoms with van der Waals surface area (Å²) >= 11 is 0. The van der Waals surface area contributed by atoms with Gasteiger partial charge in [-0.25, -0.2) is 0 Å². The van der Waals surface area contributed by atoms with E-state index in [0.29, 0.717) is 17.4 Å². The summed E-state index contributed by atoms with van der Waals surface area (Å²) in [6.45, 7) is 8.60. The number of benzene rings is 2. The summed E-state index contributed by atoms with van der Waals surface area (Å²) in [5.41, 5.74) is 5.45. The van der Waals surface area contributed by atoms with E-state index in [9.17, 15) is 4.79 Å². The first-order valence-corrected chi connectivity index (χ1v) is 9.94. The third-order valence-electron chi connectivity index (χ3n) is 5.03. The Labute approximate surface area is 173 Å². The average molecular weight is 389 g/mol. The van der Waals surface area contributed by atoms with Crippen molar-refractivity contribution in [1.29, 1.82) is 0 Å². The van der Waals surface area contributed by atoms with Crippen LogP contribution in [0.5, 0.6) is 5.75 Å². The minimum atomic E-state index is -0.177. The number of amides is 1. The molecule has 0 saturated carbocycles. The van der Waals surface area contributed by atoms with Crippen molar-refractivity contribution in [3.05, 3.63) is 77.5 Å². The maximum Gasteiger partial charge on any atom is 0.257 e. The van der Waals surface area contributed by atoms with Crippen LogP contribution >= 0.6 is 0 Å². The minimum Gasteiger partial charge on any atom is -0.496 e. The van der Waals surface area contributed by atoms with E-state index in [-0.39, 0.29) is 5.91 Å². The molecule has 0 fully saturated rings. The first-order valence-electron chi connectivity index (χ1n) is 9.94. The van der Waals surface area contributed by atoms with Gasteiger partial charge in [-0.15, -0.1) is 0 Å². The molecule has 4 nitrogen and oxygen atoms in total. The molecule has 1 aromatic heterocycles. The maximum atomic E-state index is 12.6. The van der Waals surface area contributed by atoms with E-state index >= 15 is 0 Å². The van der Waals surface area contributed by atoms with Crippen LogP contribution in [0.3, 0.4) is 0 Å². The number of anilines is 1. The molecule has 0 radical (unpaired) electrons. The fourth-order valence-corrected chi connectivity index (χ4v) is 3.13. The molecular formula is C25H28N2O2. The van der Waals surface area contributed by atoms with Crippen LogP contribution in [0.4, 0.5) is 5.69 Å². The fourth-order valence-electron chi connectivity index (χ4n) is 3.13. The number of rotatable bonds is 6. The van der Waals surface area contributed by atoms with E-state index in [1.165, 1.54) is 11.1 Å². The molecule has 29 heavy (non-hydrogen) atoms. The van der Waals surface area contributed by atoms with Crippen molar-refractivity contribution >= 4 is 11.6 Å². The van der Waals surface area contributed by atoms with Crippen molar-refractivity contribution < 1.29 is 9.53 Å². The largest absolute Gasteiger partial charge is 0.496 e. The quantitative estimate of drug-likeness (QED) is 0.542. The Balaban J connectivity index is 1.79. The second-order valence-corrected chi connectivity index (χ2v) is 7.78. The number of nitrogens with zero attached hydrogens (tertiary/aromatic N) is 1. The average Bonchev–Trinajstić information content (AvgIpc) is 2.73. The van der Waals surface area contributed by atoms with E-state index in [4.69, 9.17) is 4.74 Å². The standard InChI is InChI=1S/C25H28N2O2/c1-16(2)18-6-10-21(11-7-18)27-25(28)20-8-12-23(26-15-20)22-14-19(17(3)4)9-13-24(22)29-5/h6-17H,1-5H3,(H,27,28). The molecular weight excluding hydrogens is 360 g/mol. The third kappa shape index (κ3) is 4.83. The monoisotopic (exact) mass is 388 g/mol. The van der Waals surface area contributed by atoms with Gasteiger partial charge in [-0.05, 0) is 59.4 Å². The number of hydrogen-bond donors (Lipinski definition) is 1. The number of nitrogens with one attached hydrogen (secondary N) is 1. The molecule has 0 bridgehead atoms. The summed E-state index contributed by atoms with van der Waals surface area (Å²) in [7, 11) is 1.65. The fraction of sp³-hybridized carbons (Fsp3) is 0.280. The van der Waals surface area contributed by atoms with E-state index in [0.717, 1.165) is 22.7 Å². The number of methoxy groups -OCH3 is 1. The third-order valence-corrected chi connectivity index (χ3v) is 5.03. The highest BCUT2D eigenvalue weighted by Crippen LogP contribution is 2.32. The normalized spacial score (nSPS) is 11.0. The van der Waals surface area contributed by atoms with Crippen LogP contribution in [0.2, 0.25) is 0 Å². The molecule has 4 heteroatoms. The summed E-state index contributed by atoms with van der Waals surface area (Å²) in [5.74, 6) is 1.46. The number of carbonyl (C=O) groups excluding carboxylic acids is 1. The second-order valence-electron chi connectivity index (χ2n) is 7.78. The summed E-state index contributed by atoms with van der Waals surface area (Å²) in [6.07, 6.45) is 1.61. The number of pyridine rings is 1. The molecule has 3 aromatic rings. The van der Waals surface area contributed by atoms with Crippen molar-refractivity contribution in [2.45, 2.75) is 39.5 Å². The Morgan fingerprint density at radius 2 is 1.55 bits per heavy atom. The Bertz CT molecular complexity index is 975. The van der Waals surface area contributed by atoms with Crippen LogP contribution in [0, 0.1) is 0 Å². The molecule has 3 rings (SSSR count). The maximum absolute atomic E-state index is 12.6. The molecule has 0 unspecified atom stereocenters. The number of hydrogen-bond acceptors (Lipinski definition) is 3. The summed E-state index contributed by atoms with van der Waals surface area (Å²) in [5, 5.41) is 2.93. The van der Waals surface area contributed by atoms with Crippen molar-refractivity contribution in [3.8, 4) is 17.0 Å². The lowest BCUT2D eigenvalue weighted by atomic mass is 9.98. The van der Waals surface area contributed by atoms with Crippen LogP contribution in [0.25, 0.3) is 11.3 Å². The van der Waals surface area contributed by atoms with Crippen LogP contribution < -0.4 is 10.1 Å². The second kappa shape index (κ2) is 8.91. The number of aromatic nitrogens is 1. The van der Waals surface area contributed by atoms with Gasteiger partial charge in [0.05, 0.1) is 18.4 Å². The Morgan fingerprint density at radius 1 is 0.897 bits per heavy atom. The summed E-state index contributed by atoms with van der Waals surface area (Å²) in [6, 6.07) is 17.7. The van der Waals surface area contributed by atoms with Gasteiger partial charge in [0.25, 0.3) is 5.91 Å². The molecule has 0 atom stereocenters. The Hall–Kier alpha value is -3.14. The summed E-state index contributed by atoms with van der Waals surface area (Å²) < 4.78 is 5.50. The van der Waals surface area contributed by atoms with Crippen LogP contribution in [-0.4, -0.2) is 18.0 Å². The lowest BCUT2D eigenvalue weighted by Gasteiger charge is -2.13. The van der Waals surface area contributed by atoms with E-state index in [2.05, 4.69) is 50.1 Å². The van der Waals surface area contributed by atoms with Crippen LogP contribution in [0.1, 0.15) is 61.0 Å². The molecule has 1 amide bonds. The number of carbonyl (C=O) groups is 1. The lowest BCUT2D eigenvalue weighted by Crippen LogP contribution is -2.12. The van der Waals surface area contributed by atoms with Gasteiger partial charge in [-0.3, -0.25) is 9.78 Å². The highest BCUT2D eigenvalue weighted by Gasteiger charge is 2.12. The molecule has 0 aliphatic heterocycles. The van der Waals surface area contributed by atoms with Crippen molar-refractivity contribution in [2.75, 3.05) is 12.4 Å². The number of ether oxygens (including phenoxy) is 1. The first-order chi connectivity index (χ1) is 13.9. The van der Waals surface area contributed by atoms with Gasteiger partial charge in [0.2, 0.25) is 0 Å². The van der Waals surface area contributed by atoms with E-state index in [1.54, 1.807) is 19.4 Å². The zero-order chi connectivity index (χ0) is 21.0. The molecule has 0 aliphatic rings. The molecule has 1 heterocycles. The van der Waals surface area contributed by atoms with Gasteiger partial charge in [-0.2, -0.15) is 0 Å². The van der Waals surface area contributed by atoms with Crippen molar-refractivity contribution in [1.82, 2.24) is 4.98 Å². The van der Waals surface area contributed by atoms with Crippen molar-refractivity contribution in [2.24, 2.45) is 0 Å². The highest BCUT2D eigenvalue weighted by molar-refractivity contribution is 6.04. The molecule has 0 spiro atoms. The molecule has 0 aliphatic carbocycles. The van der Waals surface area contributed by atoms with Gasteiger partial charge in [0.15, 0.2) is 0 Å². The Kier molecular flexibility index (Phi) is 6.32. The van der Waals surface area contributed by atoms with Gasteiger partial charge in [-0.1, -0.05) is 45.9 Å². The lowest BCUT2D eigenvalue weighted by molar-refractivity contribution is 0.102. The predicted molar refractivity (Wildman–Crippen MR) is 119 cm³/mol. The molecule has 1 N–H and O–H groups in total. The minimum absolute atomic E-state index is 0.177. The van der Waals surface area contributed by atoms with E-state index < -0.39 is 0 Å². The molecule has 2 aromatic carbocycles. The molecule has 150 valence electrons. The van der Waals surface area contributed by atoms with Crippen LogP contribution in [-0.2, 0) is 0 Å². The van der Waals surface area contributed by atoms with Gasteiger partial charge >= 0.3 is 0 Å². The molecule has 0 saturated heterocycles. The predicted octanol–water partition coefficient (Wildman–Crippen LogP) is 6.26. The highest BCUT2D eigenvalue weighted by atomic mass is 16.5. The van der Waals surface area contributed by atoms with Crippen molar-refractivity contribution in [3.63, 3.8) is 0 Å². The summed E-state index contributed by atoms with van der Waals surface area (Å²) in [4.78, 5) is 17.1. The zero-order valence-corrected chi connectivity index (χ0v) is 17.7.